The Labute approximate surface area is 230 Å². The van der Waals surface area contributed by atoms with Gasteiger partial charge in [0.25, 0.3) is 0 Å². The second-order valence-corrected chi connectivity index (χ2v) is 9.57. The van der Waals surface area contributed by atoms with Gasteiger partial charge in [0.05, 0.1) is 23.0 Å². The van der Waals surface area contributed by atoms with Gasteiger partial charge in [0, 0.05) is 24.8 Å². The summed E-state index contributed by atoms with van der Waals surface area (Å²) in [4.78, 5) is 26.7. The van der Waals surface area contributed by atoms with E-state index in [0.29, 0.717) is 35.2 Å². The smallest absolute Gasteiger partial charge is 0.323 e. The molecule has 0 aromatic heterocycles. The Bertz CT molecular complexity index is 1290. The number of piperidine rings is 1. The lowest BCUT2D eigenvalue weighted by molar-refractivity contribution is 0.0536. The number of hydrogen-bond donors (Lipinski definition) is 5. The predicted octanol–water partition coefficient (Wildman–Crippen LogP) is 5.27. The highest BCUT2D eigenvalue weighted by Crippen LogP contribution is 2.31. The van der Waals surface area contributed by atoms with Crippen molar-refractivity contribution in [3.8, 4) is 5.75 Å². The molecule has 4 rings (SSSR count). The average molecular weight is 557 g/mol. The molecule has 5 N–H and O–H groups in total. The maximum atomic E-state index is 13.7. The highest BCUT2D eigenvalue weighted by molar-refractivity contribution is 6.33. The Hall–Kier alpha value is -3.86. The van der Waals surface area contributed by atoms with Gasteiger partial charge in [0.2, 0.25) is 0 Å². The molecule has 1 unspecified atom stereocenters. The van der Waals surface area contributed by atoms with Gasteiger partial charge in [-0.1, -0.05) is 35.9 Å². The number of carbonyl (C=O) groups is 2. The van der Waals surface area contributed by atoms with Gasteiger partial charge in [-0.2, -0.15) is 0 Å². The predicted molar refractivity (Wildman–Crippen MR) is 148 cm³/mol. The van der Waals surface area contributed by atoms with E-state index in [9.17, 15) is 19.1 Å². The number of anilines is 3. The quantitative estimate of drug-likeness (QED) is 0.259. The fraction of sp³-hybridized carbons (Fsp3) is 0.286. The Kier molecular flexibility index (Phi) is 9.59. The van der Waals surface area contributed by atoms with Crippen LogP contribution in [0, 0.1) is 5.82 Å². The number of rotatable bonds is 8. The van der Waals surface area contributed by atoms with Crippen LogP contribution >= 0.6 is 11.6 Å². The first-order valence-electron chi connectivity index (χ1n) is 12.5. The fourth-order valence-electron chi connectivity index (χ4n) is 4.23. The summed E-state index contributed by atoms with van der Waals surface area (Å²) in [7, 11) is 0. The molecule has 11 heteroatoms. The van der Waals surface area contributed by atoms with Crippen LogP contribution < -0.4 is 20.7 Å². The maximum absolute atomic E-state index is 13.7. The fourth-order valence-corrected chi connectivity index (χ4v) is 4.45. The number of nitrogens with one attached hydrogen (secondary N) is 3. The molecule has 39 heavy (non-hydrogen) atoms. The number of aliphatic hydroxyl groups excluding tert-OH is 2. The monoisotopic (exact) mass is 556 g/mol. The number of para-hydroxylation sites is 1. The van der Waals surface area contributed by atoms with Gasteiger partial charge in [0.1, 0.15) is 24.3 Å². The minimum Gasteiger partial charge on any atom is -0.491 e. The first-order valence-corrected chi connectivity index (χ1v) is 12.9. The third-order valence-corrected chi connectivity index (χ3v) is 6.69. The number of likely N-dealkylation sites (tertiary alicyclic amines) is 1. The van der Waals surface area contributed by atoms with Crippen molar-refractivity contribution >= 4 is 40.7 Å². The first kappa shape index (κ1) is 28.2. The van der Waals surface area contributed by atoms with Gasteiger partial charge in [-0.15, -0.1) is 0 Å². The van der Waals surface area contributed by atoms with Crippen molar-refractivity contribution < 1.29 is 28.9 Å². The molecular weight excluding hydrogens is 527 g/mol. The van der Waals surface area contributed by atoms with Crippen LogP contribution in [0.15, 0.2) is 66.7 Å². The minimum absolute atomic E-state index is 0.0719. The zero-order valence-electron chi connectivity index (χ0n) is 21.1. The second kappa shape index (κ2) is 13.3. The number of aliphatic hydroxyl groups is 2. The number of benzene rings is 3. The van der Waals surface area contributed by atoms with Gasteiger partial charge in [-0.25, -0.2) is 14.0 Å². The summed E-state index contributed by atoms with van der Waals surface area (Å²) in [5, 5.41) is 26.6. The first-order chi connectivity index (χ1) is 18.8. The molecule has 0 radical (unpaired) electrons. The Morgan fingerprint density at radius 1 is 1.00 bits per heavy atom. The lowest BCUT2D eigenvalue weighted by Gasteiger charge is -2.32. The molecule has 206 valence electrons. The zero-order chi connectivity index (χ0) is 27.8. The van der Waals surface area contributed by atoms with Gasteiger partial charge in [0.15, 0.2) is 0 Å². The molecule has 4 amide bonds. The summed E-state index contributed by atoms with van der Waals surface area (Å²) in [6, 6.07) is 17.4. The van der Waals surface area contributed by atoms with Crippen LogP contribution in [-0.2, 0) is 0 Å². The molecule has 3 aromatic carbocycles. The van der Waals surface area contributed by atoms with Gasteiger partial charge >= 0.3 is 12.1 Å². The van der Waals surface area contributed by atoms with Crippen LogP contribution in [0.1, 0.15) is 24.3 Å². The van der Waals surface area contributed by atoms with E-state index in [2.05, 4.69) is 16.0 Å². The lowest BCUT2D eigenvalue weighted by Crippen LogP contribution is -2.40. The van der Waals surface area contributed by atoms with Crippen molar-refractivity contribution in [2.24, 2.45) is 0 Å². The van der Waals surface area contributed by atoms with E-state index >= 15 is 0 Å². The Balaban J connectivity index is 1.24. The average Bonchev–Trinajstić information content (AvgIpc) is 2.94. The molecule has 1 heterocycles. The highest BCUT2D eigenvalue weighted by atomic mass is 35.5. The maximum Gasteiger partial charge on any atom is 0.323 e. The van der Waals surface area contributed by atoms with Gasteiger partial charge < -0.3 is 35.8 Å². The van der Waals surface area contributed by atoms with Crippen molar-refractivity contribution in [3.05, 3.63) is 83.1 Å². The summed E-state index contributed by atoms with van der Waals surface area (Å²) in [6.07, 6.45) is 0.572. The molecular formula is C28H30ClFN4O5. The van der Waals surface area contributed by atoms with Crippen LogP contribution in [-0.4, -0.2) is 59.6 Å². The van der Waals surface area contributed by atoms with E-state index in [0.717, 1.165) is 18.4 Å². The molecule has 1 aliphatic heterocycles. The van der Waals surface area contributed by atoms with Crippen molar-refractivity contribution in [1.82, 2.24) is 4.90 Å². The van der Waals surface area contributed by atoms with Crippen LogP contribution in [0.4, 0.5) is 31.0 Å². The Morgan fingerprint density at radius 3 is 2.38 bits per heavy atom. The molecule has 1 fully saturated rings. The molecule has 0 spiro atoms. The van der Waals surface area contributed by atoms with Crippen LogP contribution in [0.5, 0.6) is 5.75 Å². The summed E-state index contributed by atoms with van der Waals surface area (Å²) in [6.45, 7) is 0.661. The van der Waals surface area contributed by atoms with Gasteiger partial charge in [-0.3, -0.25) is 0 Å². The Morgan fingerprint density at radius 2 is 1.72 bits per heavy atom. The van der Waals surface area contributed by atoms with E-state index in [-0.39, 0.29) is 24.2 Å². The van der Waals surface area contributed by atoms with E-state index in [1.165, 1.54) is 18.2 Å². The zero-order valence-corrected chi connectivity index (χ0v) is 21.8. The third-order valence-electron chi connectivity index (χ3n) is 6.38. The SMILES string of the molecule is O=C(Nc1ccc(C2CCN(C(=O)Nc3ccc(OCC(O)CO)cc3Cl)CC2)cc1)Nc1ccccc1F. The van der Waals surface area contributed by atoms with Crippen LogP contribution in [0.25, 0.3) is 0 Å². The van der Waals surface area contributed by atoms with Gasteiger partial charge in [-0.05, 0) is 60.7 Å². The molecule has 0 bridgehead atoms. The number of hydrogen-bond acceptors (Lipinski definition) is 5. The summed E-state index contributed by atoms with van der Waals surface area (Å²) in [5.74, 6) is 0.174. The molecule has 3 aromatic rings. The topological polar surface area (TPSA) is 123 Å². The molecule has 9 nitrogen and oxygen atoms in total. The summed E-state index contributed by atoms with van der Waals surface area (Å²) < 4.78 is 19.1. The van der Waals surface area contributed by atoms with E-state index in [1.807, 2.05) is 12.1 Å². The number of amides is 4. The minimum atomic E-state index is -0.987. The highest BCUT2D eigenvalue weighted by Gasteiger charge is 2.24. The molecule has 1 saturated heterocycles. The number of carbonyl (C=O) groups excluding carboxylic acids is 2. The van der Waals surface area contributed by atoms with E-state index in [4.69, 9.17) is 21.4 Å². The number of urea groups is 2. The van der Waals surface area contributed by atoms with Crippen LogP contribution in [0.2, 0.25) is 5.02 Å². The molecule has 1 aliphatic rings. The largest absolute Gasteiger partial charge is 0.491 e. The molecule has 0 aliphatic carbocycles. The van der Waals surface area contributed by atoms with E-state index < -0.39 is 24.6 Å². The summed E-state index contributed by atoms with van der Waals surface area (Å²) >= 11 is 6.28. The van der Waals surface area contributed by atoms with Crippen molar-refractivity contribution in [3.63, 3.8) is 0 Å². The molecule has 1 atom stereocenters. The number of nitrogens with zero attached hydrogens (tertiary/aromatic N) is 1. The van der Waals surface area contributed by atoms with Crippen molar-refractivity contribution in [1.29, 1.82) is 0 Å². The standard InChI is InChI=1S/C28H30ClFN4O5/c29-23-15-22(39-17-21(36)16-35)9-10-25(23)33-28(38)34-13-11-19(12-14-34)18-5-7-20(8-6-18)31-27(37)32-26-4-2-1-3-24(26)30/h1-10,15,19,21,35-36H,11-14,16-17H2,(H,33,38)(H2,31,32,37). The normalized spacial score (nSPS) is 14.4. The number of halogens is 2. The number of ether oxygens (including phenoxy) is 1. The van der Waals surface area contributed by atoms with E-state index in [1.54, 1.807) is 41.3 Å². The lowest BCUT2D eigenvalue weighted by atomic mass is 9.89. The third kappa shape index (κ3) is 7.82. The van der Waals surface area contributed by atoms with Crippen LogP contribution in [0.3, 0.4) is 0 Å². The van der Waals surface area contributed by atoms with Crippen molar-refractivity contribution in [2.45, 2.75) is 24.9 Å². The molecule has 0 saturated carbocycles. The second-order valence-electron chi connectivity index (χ2n) is 9.16. The summed E-state index contributed by atoms with van der Waals surface area (Å²) in [5.41, 5.74) is 2.24. The van der Waals surface area contributed by atoms with Crippen molar-refractivity contribution in [2.75, 3.05) is 42.3 Å².